The number of hydrogen-bond donors (Lipinski definition) is 1. The fourth-order valence-electron chi connectivity index (χ4n) is 3.88. The van der Waals surface area contributed by atoms with Crippen LogP contribution in [-0.4, -0.2) is 53.6 Å². The zero-order valence-corrected chi connectivity index (χ0v) is 16.0. The summed E-state index contributed by atoms with van der Waals surface area (Å²) in [6, 6.07) is 2.12. The van der Waals surface area contributed by atoms with Gasteiger partial charge in [-0.2, -0.15) is 8.78 Å². The van der Waals surface area contributed by atoms with Crippen molar-refractivity contribution in [2.24, 2.45) is 0 Å². The molecule has 2 fully saturated rings. The molecule has 2 unspecified atom stereocenters. The second-order valence-electron chi connectivity index (χ2n) is 8.19. The van der Waals surface area contributed by atoms with Crippen molar-refractivity contribution in [3.63, 3.8) is 0 Å². The molecule has 2 aliphatic heterocycles. The normalized spacial score (nSPS) is 27.6. The minimum atomic E-state index is -3.16. The maximum atomic E-state index is 13.5. The van der Waals surface area contributed by atoms with E-state index in [1.54, 1.807) is 25.7 Å². The van der Waals surface area contributed by atoms with E-state index in [1.165, 1.54) is 6.07 Å². The minimum Gasteiger partial charge on any atom is -0.444 e. The summed E-state index contributed by atoms with van der Waals surface area (Å²) in [5.74, 6) is -1.17. The second-order valence-corrected chi connectivity index (χ2v) is 8.19. The van der Waals surface area contributed by atoms with Gasteiger partial charge in [0.05, 0.1) is 30.9 Å². The molecule has 0 saturated carbocycles. The third-order valence-corrected chi connectivity index (χ3v) is 4.82. The number of carbonyl (C=O) groups is 1. The number of aliphatic hydroxyl groups is 1. The van der Waals surface area contributed by atoms with Gasteiger partial charge in [0, 0.05) is 24.5 Å². The number of benzene rings is 1. The summed E-state index contributed by atoms with van der Waals surface area (Å²) >= 11 is 0. The lowest BCUT2D eigenvalue weighted by Gasteiger charge is -2.51. The summed E-state index contributed by atoms with van der Waals surface area (Å²) in [5.41, 5.74) is -2.19. The summed E-state index contributed by atoms with van der Waals surface area (Å²) in [7, 11) is 0. The van der Waals surface area contributed by atoms with Gasteiger partial charge in [0.15, 0.2) is 0 Å². The van der Waals surface area contributed by atoms with Crippen LogP contribution in [-0.2, 0) is 15.1 Å². The number of nitrogens with zero attached hydrogens (tertiary/aromatic N) is 1. The first-order chi connectivity index (χ1) is 13.0. The lowest BCUT2D eigenvalue weighted by molar-refractivity contribution is -0.142. The van der Waals surface area contributed by atoms with Gasteiger partial charge in [-0.05, 0) is 32.9 Å². The molecule has 2 bridgehead atoms. The van der Waals surface area contributed by atoms with Gasteiger partial charge in [0.2, 0.25) is 0 Å². The molecule has 1 amide bonds. The van der Waals surface area contributed by atoms with E-state index in [4.69, 9.17) is 9.47 Å². The maximum absolute atomic E-state index is 13.5. The van der Waals surface area contributed by atoms with Crippen molar-refractivity contribution in [3.8, 4) is 5.75 Å². The van der Waals surface area contributed by atoms with Crippen molar-refractivity contribution < 1.29 is 37.3 Å². The van der Waals surface area contributed by atoms with Crippen LogP contribution >= 0.6 is 0 Å². The Bertz CT molecular complexity index is 723. The molecule has 1 aromatic rings. The van der Waals surface area contributed by atoms with E-state index in [-0.39, 0.29) is 31.6 Å². The van der Waals surface area contributed by atoms with Gasteiger partial charge < -0.3 is 19.3 Å². The van der Waals surface area contributed by atoms with Gasteiger partial charge in [-0.15, -0.1) is 0 Å². The molecule has 9 heteroatoms. The molecule has 156 valence electrons. The molecule has 2 saturated heterocycles. The largest absolute Gasteiger partial charge is 0.444 e. The smallest absolute Gasteiger partial charge is 0.410 e. The number of fused-ring (bicyclic) bond motifs is 2. The Kier molecular flexibility index (Phi) is 5.51. The van der Waals surface area contributed by atoms with Gasteiger partial charge in [0.1, 0.15) is 17.2 Å². The molecular weight excluding hydrogens is 379 g/mol. The lowest BCUT2D eigenvalue weighted by Crippen LogP contribution is -2.63. The molecule has 2 heterocycles. The van der Waals surface area contributed by atoms with Gasteiger partial charge in [-0.3, -0.25) is 4.90 Å². The molecule has 2 aliphatic rings. The van der Waals surface area contributed by atoms with E-state index in [2.05, 4.69) is 4.74 Å². The number of hydrogen-bond acceptors (Lipinski definition) is 5. The monoisotopic (exact) mass is 403 g/mol. The number of ether oxygens (including phenoxy) is 3. The molecule has 0 radical (unpaired) electrons. The molecule has 1 aromatic carbocycles. The summed E-state index contributed by atoms with van der Waals surface area (Å²) < 4.78 is 54.5. The van der Waals surface area contributed by atoms with E-state index >= 15 is 0 Å². The molecule has 0 aromatic heterocycles. The summed E-state index contributed by atoms with van der Waals surface area (Å²) in [6.07, 6.45) is -0.474. The Labute approximate surface area is 161 Å². The third-order valence-electron chi connectivity index (χ3n) is 4.82. The molecule has 28 heavy (non-hydrogen) atoms. The van der Waals surface area contributed by atoms with Gasteiger partial charge >= 0.3 is 12.7 Å². The molecule has 0 spiro atoms. The summed E-state index contributed by atoms with van der Waals surface area (Å²) in [4.78, 5) is 14.2. The Morgan fingerprint density at radius 2 is 1.89 bits per heavy atom. The van der Waals surface area contributed by atoms with E-state index in [9.17, 15) is 23.1 Å². The van der Waals surface area contributed by atoms with Crippen molar-refractivity contribution in [1.82, 2.24) is 4.90 Å². The third kappa shape index (κ3) is 4.35. The number of piperidine rings is 1. The molecule has 2 atom stereocenters. The highest BCUT2D eigenvalue weighted by atomic mass is 19.3. The highest BCUT2D eigenvalue weighted by molar-refractivity contribution is 5.69. The number of alkyl halides is 2. The summed E-state index contributed by atoms with van der Waals surface area (Å²) in [5, 5.41) is 11.3. The topological polar surface area (TPSA) is 68.2 Å². The zero-order valence-electron chi connectivity index (χ0n) is 16.0. The molecule has 6 nitrogen and oxygen atoms in total. The Balaban J connectivity index is 1.90. The Hall–Kier alpha value is -2.00. The van der Waals surface area contributed by atoms with Crippen LogP contribution in [0, 0.1) is 5.82 Å². The number of morpholine rings is 1. The first-order valence-corrected chi connectivity index (χ1v) is 9.05. The first kappa shape index (κ1) is 20.7. The number of amides is 1. The Morgan fingerprint density at radius 3 is 2.43 bits per heavy atom. The van der Waals surface area contributed by atoms with Crippen LogP contribution in [0.3, 0.4) is 0 Å². The number of carbonyl (C=O) groups excluding carboxylic acids is 1. The average molecular weight is 403 g/mol. The van der Waals surface area contributed by atoms with E-state index in [0.29, 0.717) is 0 Å². The van der Waals surface area contributed by atoms with Crippen LogP contribution in [0.4, 0.5) is 18.0 Å². The summed E-state index contributed by atoms with van der Waals surface area (Å²) in [6.45, 7) is 2.45. The SMILES string of the molecule is CC(C)(C)OC(=O)N1C2COCC1CC(O)(c1ccc(F)cc1OC(F)F)C2. The molecule has 3 rings (SSSR count). The fraction of sp³-hybridized carbons (Fsp3) is 0.632. The van der Waals surface area contributed by atoms with E-state index < -0.39 is 47.6 Å². The lowest BCUT2D eigenvalue weighted by atomic mass is 9.76. The van der Waals surface area contributed by atoms with Crippen molar-refractivity contribution in [1.29, 1.82) is 0 Å². The van der Waals surface area contributed by atoms with Gasteiger partial charge in [-0.25, -0.2) is 9.18 Å². The van der Waals surface area contributed by atoms with Gasteiger partial charge in [-0.1, -0.05) is 0 Å². The maximum Gasteiger partial charge on any atom is 0.410 e. The Morgan fingerprint density at radius 1 is 1.29 bits per heavy atom. The van der Waals surface area contributed by atoms with Gasteiger partial charge in [0.25, 0.3) is 0 Å². The first-order valence-electron chi connectivity index (χ1n) is 9.05. The van der Waals surface area contributed by atoms with Crippen LogP contribution in [0.25, 0.3) is 0 Å². The van der Waals surface area contributed by atoms with Crippen LogP contribution in [0.15, 0.2) is 18.2 Å². The van der Waals surface area contributed by atoms with E-state index in [0.717, 1.165) is 12.1 Å². The van der Waals surface area contributed by atoms with E-state index in [1.807, 2.05) is 0 Å². The molecule has 1 N–H and O–H groups in total. The number of halogens is 3. The zero-order chi connectivity index (χ0) is 20.7. The second kappa shape index (κ2) is 7.44. The van der Waals surface area contributed by atoms with Crippen LogP contribution < -0.4 is 4.74 Å². The number of rotatable bonds is 3. The van der Waals surface area contributed by atoms with Crippen molar-refractivity contribution >= 4 is 6.09 Å². The van der Waals surface area contributed by atoms with Crippen molar-refractivity contribution in [2.75, 3.05) is 13.2 Å². The van der Waals surface area contributed by atoms with Crippen LogP contribution in [0.2, 0.25) is 0 Å². The predicted octanol–water partition coefficient (Wildman–Crippen LogP) is 3.41. The highest BCUT2D eigenvalue weighted by Gasteiger charge is 2.50. The average Bonchev–Trinajstić information content (AvgIpc) is 2.51. The molecule has 0 aliphatic carbocycles. The quantitative estimate of drug-likeness (QED) is 0.838. The van der Waals surface area contributed by atoms with Crippen LogP contribution in [0.5, 0.6) is 5.75 Å². The fourth-order valence-corrected chi connectivity index (χ4v) is 3.88. The predicted molar refractivity (Wildman–Crippen MR) is 92.6 cm³/mol. The molecular formula is C19H24F3NO5. The van der Waals surface area contributed by atoms with Crippen molar-refractivity contribution in [3.05, 3.63) is 29.6 Å². The van der Waals surface area contributed by atoms with Crippen molar-refractivity contribution in [2.45, 2.75) is 63.5 Å². The standard InChI is InChI=1S/C19H24F3NO5/c1-18(2,3)28-17(24)23-12-7-19(25,8-13(23)10-26-9-12)14-5-4-11(20)6-15(14)27-16(21)22/h4-6,12-13,16,25H,7-10H2,1-3H3. The highest BCUT2D eigenvalue weighted by Crippen LogP contribution is 2.45. The minimum absolute atomic E-state index is 0.0218. The van der Waals surface area contributed by atoms with Crippen LogP contribution in [0.1, 0.15) is 39.2 Å².